The Morgan fingerprint density at radius 1 is 1.32 bits per heavy atom. The van der Waals surface area contributed by atoms with Crippen LogP contribution >= 0.6 is 0 Å². The maximum Gasteiger partial charge on any atom is 0.309 e. The number of guanidine groups is 1. The van der Waals surface area contributed by atoms with Gasteiger partial charge in [0.1, 0.15) is 0 Å². The average molecular weight is 311 g/mol. The first-order chi connectivity index (χ1) is 10.6. The van der Waals surface area contributed by atoms with Crippen molar-refractivity contribution in [1.82, 2.24) is 10.2 Å². The van der Waals surface area contributed by atoms with Crippen molar-refractivity contribution < 1.29 is 9.53 Å². The Morgan fingerprint density at radius 3 is 2.55 bits per heavy atom. The van der Waals surface area contributed by atoms with Crippen molar-refractivity contribution in [3.05, 3.63) is 0 Å². The Balaban J connectivity index is 2.45. The zero-order valence-corrected chi connectivity index (χ0v) is 14.7. The number of aliphatic imine (C=N–C) groups is 1. The summed E-state index contributed by atoms with van der Waals surface area (Å²) in [6.45, 7) is 12.4. The number of carbonyl (C=O) groups excluding carboxylic acids is 1. The molecule has 0 aliphatic carbocycles. The molecule has 22 heavy (non-hydrogen) atoms. The number of likely N-dealkylation sites (tertiary alicyclic amines) is 1. The molecule has 5 nitrogen and oxygen atoms in total. The predicted octanol–water partition coefficient (Wildman–Crippen LogP) is 2.66. The highest BCUT2D eigenvalue weighted by molar-refractivity contribution is 5.80. The zero-order valence-electron chi connectivity index (χ0n) is 14.7. The van der Waals surface area contributed by atoms with E-state index in [0.29, 0.717) is 6.61 Å². The Labute approximate surface area is 135 Å². The van der Waals surface area contributed by atoms with Crippen molar-refractivity contribution in [2.45, 2.75) is 53.4 Å². The molecular formula is C17H33N3O2. The topological polar surface area (TPSA) is 53.9 Å². The van der Waals surface area contributed by atoms with Gasteiger partial charge in [-0.3, -0.25) is 9.79 Å². The second kappa shape index (κ2) is 10.5. The lowest BCUT2D eigenvalue weighted by molar-refractivity contribution is -0.149. The molecule has 0 bridgehead atoms. The fourth-order valence-electron chi connectivity index (χ4n) is 2.70. The number of esters is 1. The largest absolute Gasteiger partial charge is 0.466 e. The first-order valence-corrected chi connectivity index (χ1v) is 8.78. The van der Waals surface area contributed by atoms with E-state index >= 15 is 0 Å². The summed E-state index contributed by atoms with van der Waals surface area (Å²) in [5.74, 6) is 1.74. The molecule has 0 unspecified atom stereocenters. The lowest BCUT2D eigenvalue weighted by Gasteiger charge is -2.33. The van der Waals surface area contributed by atoms with Crippen molar-refractivity contribution in [3.63, 3.8) is 0 Å². The number of carbonyl (C=O) groups is 1. The minimum absolute atomic E-state index is 0.0407. The summed E-state index contributed by atoms with van der Waals surface area (Å²) < 4.78 is 5.12. The van der Waals surface area contributed by atoms with Crippen LogP contribution in [-0.4, -0.2) is 49.6 Å². The van der Waals surface area contributed by atoms with E-state index < -0.39 is 0 Å². The molecule has 0 aromatic rings. The van der Waals surface area contributed by atoms with Gasteiger partial charge < -0.3 is 15.0 Å². The zero-order chi connectivity index (χ0) is 16.4. The van der Waals surface area contributed by atoms with Crippen LogP contribution in [0.4, 0.5) is 0 Å². The first kappa shape index (κ1) is 18.8. The van der Waals surface area contributed by atoms with Crippen LogP contribution in [0, 0.1) is 11.8 Å². The third kappa shape index (κ3) is 6.67. The van der Waals surface area contributed by atoms with Gasteiger partial charge in [0.25, 0.3) is 0 Å². The van der Waals surface area contributed by atoms with Gasteiger partial charge in [-0.1, -0.05) is 13.8 Å². The van der Waals surface area contributed by atoms with Gasteiger partial charge in [0.05, 0.1) is 12.5 Å². The first-order valence-electron chi connectivity index (χ1n) is 8.78. The number of rotatable bonds is 7. The van der Waals surface area contributed by atoms with Gasteiger partial charge in [0.2, 0.25) is 0 Å². The summed E-state index contributed by atoms with van der Waals surface area (Å²) >= 11 is 0. The van der Waals surface area contributed by atoms with E-state index in [4.69, 9.17) is 9.73 Å². The van der Waals surface area contributed by atoms with Gasteiger partial charge in [-0.25, -0.2) is 0 Å². The van der Waals surface area contributed by atoms with E-state index in [1.165, 1.54) is 6.42 Å². The average Bonchev–Trinajstić information content (AvgIpc) is 2.50. The molecule has 0 spiro atoms. The number of piperidine rings is 1. The minimum Gasteiger partial charge on any atom is -0.466 e. The number of ether oxygens (including phenoxy) is 1. The standard InChI is InChI=1S/C17H33N3O2/c1-5-18-17(19-11-7-8-14(3)4)20-12-9-15(10-13-20)16(21)22-6-2/h14-15H,5-13H2,1-4H3,(H,18,19). The van der Waals surface area contributed by atoms with Gasteiger partial charge >= 0.3 is 5.97 Å². The molecule has 0 saturated carbocycles. The second-order valence-corrected chi connectivity index (χ2v) is 6.29. The van der Waals surface area contributed by atoms with Crippen LogP contribution in [0.25, 0.3) is 0 Å². The van der Waals surface area contributed by atoms with Crippen molar-refractivity contribution in [3.8, 4) is 0 Å². The van der Waals surface area contributed by atoms with E-state index in [1.54, 1.807) is 0 Å². The summed E-state index contributed by atoms with van der Waals surface area (Å²) in [6.07, 6.45) is 4.06. The van der Waals surface area contributed by atoms with E-state index in [1.807, 2.05) is 6.92 Å². The number of nitrogens with one attached hydrogen (secondary N) is 1. The highest BCUT2D eigenvalue weighted by atomic mass is 16.5. The third-order valence-electron chi connectivity index (χ3n) is 3.95. The Kier molecular flexibility index (Phi) is 8.94. The van der Waals surface area contributed by atoms with Crippen LogP contribution < -0.4 is 5.32 Å². The van der Waals surface area contributed by atoms with E-state index in [9.17, 15) is 4.79 Å². The Morgan fingerprint density at radius 2 is 2.00 bits per heavy atom. The monoisotopic (exact) mass is 311 g/mol. The van der Waals surface area contributed by atoms with Crippen LogP contribution in [-0.2, 0) is 9.53 Å². The third-order valence-corrected chi connectivity index (χ3v) is 3.95. The fourth-order valence-corrected chi connectivity index (χ4v) is 2.70. The maximum absolute atomic E-state index is 11.8. The molecular weight excluding hydrogens is 278 g/mol. The molecule has 1 aliphatic heterocycles. The number of hydrogen-bond donors (Lipinski definition) is 1. The van der Waals surface area contributed by atoms with Crippen LogP contribution in [0.3, 0.4) is 0 Å². The molecule has 1 N–H and O–H groups in total. The summed E-state index contributed by atoms with van der Waals surface area (Å²) in [5, 5.41) is 3.37. The van der Waals surface area contributed by atoms with Crippen molar-refractivity contribution >= 4 is 11.9 Å². The Hall–Kier alpha value is -1.26. The molecule has 128 valence electrons. The maximum atomic E-state index is 11.8. The SMILES string of the molecule is CCNC(=NCCCC(C)C)N1CCC(C(=O)OCC)CC1. The van der Waals surface area contributed by atoms with E-state index in [2.05, 4.69) is 31.0 Å². The molecule has 0 radical (unpaired) electrons. The lowest BCUT2D eigenvalue weighted by Crippen LogP contribution is -2.46. The molecule has 0 aromatic carbocycles. The highest BCUT2D eigenvalue weighted by Gasteiger charge is 2.27. The minimum atomic E-state index is -0.0407. The normalized spacial score (nSPS) is 17.0. The Bertz CT molecular complexity index is 348. The quantitative estimate of drug-likeness (QED) is 0.340. The van der Waals surface area contributed by atoms with Gasteiger partial charge in [-0.2, -0.15) is 0 Å². The van der Waals surface area contributed by atoms with Crippen LogP contribution in [0.15, 0.2) is 4.99 Å². The predicted molar refractivity (Wildman–Crippen MR) is 91.0 cm³/mol. The summed E-state index contributed by atoms with van der Waals surface area (Å²) in [5.41, 5.74) is 0. The van der Waals surface area contributed by atoms with E-state index in [0.717, 1.165) is 57.3 Å². The van der Waals surface area contributed by atoms with Gasteiger partial charge in [0.15, 0.2) is 5.96 Å². The van der Waals surface area contributed by atoms with E-state index in [-0.39, 0.29) is 11.9 Å². The van der Waals surface area contributed by atoms with Crippen LogP contribution in [0.2, 0.25) is 0 Å². The molecule has 0 amide bonds. The molecule has 1 aliphatic rings. The summed E-state index contributed by atoms with van der Waals surface area (Å²) in [4.78, 5) is 18.8. The van der Waals surface area contributed by atoms with Crippen molar-refractivity contribution in [2.75, 3.05) is 32.8 Å². The van der Waals surface area contributed by atoms with Crippen molar-refractivity contribution in [2.24, 2.45) is 16.8 Å². The highest BCUT2D eigenvalue weighted by Crippen LogP contribution is 2.18. The second-order valence-electron chi connectivity index (χ2n) is 6.29. The molecule has 1 fully saturated rings. The molecule has 5 heteroatoms. The van der Waals surface area contributed by atoms with Gasteiger partial charge in [-0.05, 0) is 45.4 Å². The summed E-state index contributed by atoms with van der Waals surface area (Å²) in [6, 6.07) is 0. The number of nitrogens with zero attached hydrogens (tertiary/aromatic N) is 2. The van der Waals surface area contributed by atoms with Crippen LogP contribution in [0.1, 0.15) is 53.4 Å². The van der Waals surface area contributed by atoms with Gasteiger partial charge in [-0.15, -0.1) is 0 Å². The molecule has 0 atom stereocenters. The number of hydrogen-bond acceptors (Lipinski definition) is 3. The molecule has 1 saturated heterocycles. The molecule has 0 aromatic heterocycles. The van der Waals surface area contributed by atoms with Gasteiger partial charge in [0, 0.05) is 26.2 Å². The van der Waals surface area contributed by atoms with Crippen LogP contribution in [0.5, 0.6) is 0 Å². The lowest BCUT2D eigenvalue weighted by atomic mass is 9.97. The van der Waals surface area contributed by atoms with Crippen molar-refractivity contribution in [1.29, 1.82) is 0 Å². The smallest absolute Gasteiger partial charge is 0.309 e. The molecule has 1 heterocycles. The molecule has 1 rings (SSSR count). The fraction of sp³-hybridized carbons (Fsp3) is 0.882. The summed E-state index contributed by atoms with van der Waals surface area (Å²) in [7, 11) is 0.